The second-order valence-corrected chi connectivity index (χ2v) is 24.3. The summed E-state index contributed by atoms with van der Waals surface area (Å²) in [5.41, 5.74) is 0. The fourth-order valence-electron chi connectivity index (χ4n) is 9.48. The minimum atomic E-state index is -5.17. The second-order valence-electron chi connectivity index (χ2n) is 23.5. The highest BCUT2D eigenvalue weighted by molar-refractivity contribution is 7.79. The molecule has 0 rings (SSSR count). The number of rotatable bonds is 52. The summed E-state index contributed by atoms with van der Waals surface area (Å²) in [7, 11) is 4.01. The molecule has 2 atom stereocenters. The number of hydrogen-bond acceptors (Lipinski definition) is 6. The van der Waals surface area contributed by atoms with Crippen molar-refractivity contribution in [3.8, 4) is 0 Å². The predicted octanol–water partition coefficient (Wildman–Crippen LogP) is 17.0. The van der Waals surface area contributed by atoms with E-state index in [-0.39, 0.29) is 11.8 Å². The van der Waals surface area contributed by atoms with Gasteiger partial charge < -0.3 is 28.7 Å². The van der Waals surface area contributed by atoms with E-state index in [9.17, 15) is 9.59 Å². The van der Waals surface area contributed by atoms with Crippen LogP contribution in [-0.4, -0.2) is 105 Å². The molecule has 2 amide bonds. The number of quaternary nitrogens is 2. The summed E-state index contributed by atoms with van der Waals surface area (Å²) >= 11 is 0. The Bertz CT molecular complexity index is 1180. The van der Waals surface area contributed by atoms with Crippen LogP contribution >= 0.6 is 0 Å². The second kappa shape index (κ2) is 55.5. The fraction of sp³-hybridized carbons (Fsp3) is 0.968. The van der Waals surface area contributed by atoms with Crippen LogP contribution in [-0.2, 0) is 20.0 Å². The van der Waals surface area contributed by atoms with Gasteiger partial charge in [-0.05, 0) is 53.4 Å². The van der Waals surface area contributed by atoms with E-state index in [1.54, 1.807) is 0 Å². The van der Waals surface area contributed by atoms with Gasteiger partial charge in [-0.15, -0.1) is 0 Å². The Hall–Kier alpha value is -1.27. The molecule has 0 fully saturated rings. The van der Waals surface area contributed by atoms with E-state index < -0.39 is 10.4 Å². The number of nitrogens with one attached hydrogen (secondary N) is 2. The Morgan fingerprint density at radius 2 is 0.534 bits per heavy atom. The van der Waals surface area contributed by atoms with Crippen LogP contribution in [0.3, 0.4) is 0 Å². The molecule has 0 saturated carbocycles. The molecule has 2 N–H and O–H groups in total. The van der Waals surface area contributed by atoms with Gasteiger partial charge in [-0.2, -0.15) is 0 Å². The Kier molecular flexibility index (Phi) is 57.7. The zero-order chi connectivity index (χ0) is 55.2. The molecule has 0 aliphatic carbocycles. The fourth-order valence-corrected chi connectivity index (χ4v) is 9.48. The highest BCUT2D eigenvalue weighted by Gasteiger charge is 2.22. The predicted molar refractivity (Wildman–Crippen MR) is 315 cm³/mol. The number of amides is 2. The van der Waals surface area contributed by atoms with Gasteiger partial charge in [0.15, 0.2) is 0 Å². The maximum atomic E-state index is 12.0. The lowest BCUT2D eigenvalue weighted by molar-refractivity contribution is -0.911. The van der Waals surface area contributed by atoms with Crippen LogP contribution in [0.1, 0.15) is 324 Å². The van der Waals surface area contributed by atoms with Crippen molar-refractivity contribution in [3.05, 3.63) is 0 Å². The van der Waals surface area contributed by atoms with E-state index in [4.69, 9.17) is 17.5 Å². The average Bonchev–Trinajstić information content (AvgIpc) is 3.35. The highest BCUT2D eigenvalue weighted by atomic mass is 32.3. The first-order valence-electron chi connectivity index (χ1n) is 31.7. The van der Waals surface area contributed by atoms with Crippen LogP contribution in [0.25, 0.3) is 0 Å². The van der Waals surface area contributed by atoms with Crippen molar-refractivity contribution in [2.45, 2.75) is 336 Å². The zero-order valence-corrected chi connectivity index (χ0v) is 51.7. The summed E-state index contributed by atoms with van der Waals surface area (Å²) in [5.74, 6) is 0.507. The van der Waals surface area contributed by atoms with E-state index in [1.807, 2.05) is 0 Å². The largest absolute Gasteiger partial charge is 0.759 e. The molecule has 0 aromatic rings. The average molecular weight is 1060 g/mol. The third kappa shape index (κ3) is 63.2. The summed E-state index contributed by atoms with van der Waals surface area (Å²) in [5, 5.41) is 6.24. The number of nitrogens with zero attached hydrogens (tertiary/aromatic N) is 2. The molecule has 0 aromatic heterocycles. The molecule has 0 aliphatic rings. The standard InChI is InChI=1S/2C31H64N2O.H2O4S/c2*1-6-8-9-10-11-12-13-14-15-16-17-18-19-20-21-22-23-24-25-28-31(34)32-29-26-27-30(3)33(4,5)7-2;1-5(2,3)4/h2*30H,6-29H2,1-5H3;(H2,1,2,3,4). The summed E-state index contributed by atoms with van der Waals surface area (Å²) in [4.78, 5) is 24.0. The zero-order valence-electron chi connectivity index (χ0n) is 50.8. The molecule has 0 spiro atoms. The van der Waals surface area contributed by atoms with Crippen LogP contribution in [0.2, 0.25) is 0 Å². The van der Waals surface area contributed by atoms with E-state index in [1.165, 1.54) is 244 Å². The van der Waals surface area contributed by atoms with E-state index in [2.05, 4.69) is 80.4 Å². The maximum Gasteiger partial charge on any atom is 0.219 e. The first-order chi connectivity index (χ1) is 34.9. The van der Waals surface area contributed by atoms with Crippen molar-refractivity contribution in [3.63, 3.8) is 0 Å². The topological polar surface area (TPSA) is 138 Å². The van der Waals surface area contributed by atoms with Crippen molar-refractivity contribution >= 4 is 22.2 Å². The Morgan fingerprint density at radius 3 is 0.712 bits per heavy atom. The van der Waals surface area contributed by atoms with Crippen LogP contribution < -0.4 is 10.6 Å². The van der Waals surface area contributed by atoms with Gasteiger partial charge >= 0.3 is 0 Å². The Morgan fingerprint density at radius 1 is 0.356 bits per heavy atom. The lowest BCUT2D eigenvalue weighted by atomic mass is 10.0. The number of carbonyl (C=O) groups excluding carboxylic acids is 2. The minimum absolute atomic E-state index is 0.254. The maximum absolute atomic E-state index is 12.0. The van der Waals surface area contributed by atoms with Crippen LogP contribution in [0.5, 0.6) is 0 Å². The molecule has 0 aromatic carbocycles. The third-order valence-corrected chi connectivity index (χ3v) is 16.3. The molecule has 0 heterocycles. The van der Waals surface area contributed by atoms with Gasteiger partial charge in [-0.3, -0.25) is 18.0 Å². The van der Waals surface area contributed by atoms with Gasteiger partial charge in [0.05, 0.1) is 53.4 Å². The molecule has 440 valence electrons. The molecule has 0 bridgehead atoms. The molecule has 11 heteroatoms. The lowest BCUT2D eigenvalue weighted by Crippen LogP contribution is -2.47. The highest BCUT2D eigenvalue weighted by Crippen LogP contribution is 2.18. The minimum Gasteiger partial charge on any atom is -0.759 e. The summed E-state index contributed by atoms with van der Waals surface area (Å²) in [6, 6.07) is 1.31. The molecule has 0 aliphatic heterocycles. The SMILES string of the molecule is CCCCCCCCCCCCCCCCCCCCCC(=O)NCCCC(C)[N+](C)(C)CC.CCCCCCCCCCCCCCCCCCCCCC(=O)NCCCC(C)[N+](C)(C)CC.O=S(=O)([O-])[O-]. The van der Waals surface area contributed by atoms with Gasteiger partial charge in [0.1, 0.15) is 0 Å². The Labute approximate surface area is 457 Å². The lowest BCUT2D eigenvalue weighted by Gasteiger charge is -2.35. The van der Waals surface area contributed by atoms with Crippen molar-refractivity contribution in [1.82, 2.24) is 10.6 Å². The van der Waals surface area contributed by atoms with Crippen LogP contribution in [0, 0.1) is 0 Å². The number of carbonyl (C=O) groups is 2. The summed E-state index contributed by atoms with van der Waals surface area (Å²) in [6.45, 7) is 17.7. The molecule has 10 nitrogen and oxygen atoms in total. The van der Waals surface area contributed by atoms with Gasteiger partial charge in [-0.25, -0.2) is 0 Å². The molecular formula is C62H130N4O6S. The van der Waals surface area contributed by atoms with E-state index in [0.717, 1.165) is 60.8 Å². The first kappa shape index (κ1) is 76.0. The first-order valence-corrected chi connectivity index (χ1v) is 33.1. The van der Waals surface area contributed by atoms with Gasteiger partial charge in [0.25, 0.3) is 0 Å². The van der Waals surface area contributed by atoms with Crippen molar-refractivity contribution in [2.75, 3.05) is 54.4 Å². The monoisotopic (exact) mass is 1060 g/mol. The molecule has 73 heavy (non-hydrogen) atoms. The normalized spacial score (nSPS) is 12.7. The summed E-state index contributed by atoms with van der Waals surface area (Å²) in [6.07, 6.45) is 58.9. The van der Waals surface area contributed by atoms with Crippen molar-refractivity contribution in [1.29, 1.82) is 0 Å². The number of hydrogen-bond donors (Lipinski definition) is 2. The van der Waals surface area contributed by atoms with Crippen molar-refractivity contribution < 1.29 is 36.1 Å². The van der Waals surface area contributed by atoms with Crippen molar-refractivity contribution in [2.24, 2.45) is 0 Å². The number of unbranched alkanes of at least 4 members (excludes halogenated alkanes) is 36. The summed E-state index contributed by atoms with van der Waals surface area (Å²) < 4.78 is 36.2. The Balaban J connectivity index is -0.00000123. The van der Waals surface area contributed by atoms with E-state index >= 15 is 0 Å². The van der Waals surface area contributed by atoms with Crippen LogP contribution in [0.15, 0.2) is 0 Å². The van der Waals surface area contributed by atoms with Crippen LogP contribution in [0.4, 0.5) is 0 Å². The van der Waals surface area contributed by atoms with E-state index in [0.29, 0.717) is 24.9 Å². The molecule has 0 radical (unpaired) electrons. The van der Waals surface area contributed by atoms with Gasteiger partial charge in [0, 0.05) is 49.2 Å². The quantitative estimate of drug-likeness (QED) is 0.0269. The third-order valence-electron chi connectivity index (χ3n) is 16.3. The van der Waals surface area contributed by atoms with Gasteiger partial charge in [-0.1, -0.05) is 245 Å². The molecular weight excluding hydrogens is 929 g/mol. The smallest absolute Gasteiger partial charge is 0.219 e. The molecule has 0 saturated heterocycles. The van der Waals surface area contributed by atoms with Gasteiger partial charge in [0.2, 0.25) is 11.8 Å². The molecule has 2 unspecified atom stereocenters.